The van der Waals surface area contributed by atoms with E-state index in [-0.39, 0.29) is 11.7 Å². The van der Waals surface area contributed by atoms with E-state index in [0.717, 1.165) is 31.9 Å². The number of carbonyl (C=O) groups excluding carboxylic acids is 1. The standard InChI is InChI=1S/C12H16FN3O/c13-10-2-1-3-11(8-10)16-6-4-15(5-7-16)9-12(14)17/h1-3,8H,4-7,9H2,(H2,14,17). The highest BCUT2D eigenvalue weighted by molar-refractivity contribution is 5.75. The molecule has 1 aliphatic heterocycles. The quantitative estimate of drug-likeness (QED) is 0.829. The maximum absolute atomic E-state index is 13.1. The van der Waals surface area contributed by atoms with Crippen LogP contribution in [0.15, 0.2) is 24.3 Å². The van der Waals surface area contributed by atoms with Crippen molar-refractivity contribution in [3.63, 3.8) is 0 Å². The van der Waals surface area contributed by atoms with Gasteiger partial charge in [-0.15, -0.1) is 0 Å². The van der Waals surface area contributed by atoms with Crippen LogP contribution in [0.4, 0.5) is 10.1 Å². The van der Waals surface area contributed by atoms with Crippen LogP contribution < -0.4 is 10.6 Å². The highest BCUT2D eigenvalue weighted by Gasteiger charge is 2.18. The van der Waals surface area contributed by atoms with Crippen LogP contribution in [0.2, 0.25) is 0 Å². The Morgan fingerprint density at radius 2 is 2.00 bits per heavy atom. The molecule has 0 atom stereocenters. The Bertz CT molecular complexity index is 402. The summed E-state index contributed by atoms with van der Waals surface area (Å²) >= 11 is 0. The van der Waals surface area contributed by atoms with E-state index in [2.05, 4.69) is 4.90 Å². The third-order valence-corrected chi connectivity index (χ3v) is 2.93. The molecule has 0 saturated carbocycles. The Kier molecular flexibility index (Phi) is 3.58. The summed E-state index contributed by atoms with van der Waals surface area (Å²) in [6, 6.07) is 6.57. The molecule has 1 aromatic carbocycles. The Labute approximate surface area is 99.8 Å². The van der Waals surface area contributed by atoms with Gasteiger partial charge in [-0.25, -0.2) is 4.39 Å². The number of piperazine rings is 1. The van der Waals surface area contributed by atoms with Crippen LogP contribution in [-0.4, -0.2) is 43.5 Å². The number of nitrogens with two attached hydrogens (primary N) is 1. The molecule has 0 aromatic heterocycles. The minimum absolute atomic E-state index is 0.220. The summed E-state index contributed by atoms with van der Waals surface area (Å²) in [5.74, 6) is -0.522. The van der Waals surface area contributed by atoms with Gasteiger partial charge in [-0.1, -0.05) is 6.07 Å². The zero-order valence-electron chi connectivity index (χ0n) is 9.60. The van der Waals surface area contributed by atoms with Crippen molar-refractivity contribution in [2.75, 3.05) is 37.6 Å². The van der Waals surface area contributed by atoms with E-state index in [0.29, 0.717) is 6.54 Å². The molecule has 17 heavy (non-hydrogen) atoms. The van der Waals surface area contributed by atoms with Crippen molar-refractivity contribution in [1.29, 1.82) is 0 Å². The van der Waals surface area contributed by atoms with Gasteiger partial charge >= 0.3 is 0 Å². The lowest BCUT2D eigenvalue weighted by atomic mass is 10.2. The number of nitrogens with zero attached hydrogens (tertiary/aromatic N) is 2. The molecular formula is C12H16FN3O. The van der Waals surface area contributed by atoms with Crippen molar-refractivity contribution in [2.45, 2.75) is 0 Å². The fourth-order valence-electron chi connectivity index (χ4n) is 2.06. The minimum atomic E-state index is -0.302. The number of primary amides is 1. The second-order valence-electron chi connectivity index (χ2n) is 4.21. The number of benzene rings is 1. The van der Waals surface area contributed by atoms with Gasteiger partial charge in [0, 0.05) is 31.9 Å². The molecule has 0 radical (unpaired) electrons. The number of hydrogen-bond acceptors (Lipinski definition) is 3. The molecule has 1 fully saturated rings. The number of hydrogen-bond donors (Lipinski definition) is 1. The van der Waals surface area contributed by atoms with Crippen molar-refractivity contribution in [2.24, 2.45) is 5.73 Å². The zero-order valence-corrected chi connectivity index (χ0v) is 9.60. The molecule has 5 heteroatoms. The third-order valence-electron chi connectivity index (χ3n) is 2.93. The van der Waals surface area contributed by atoms with Crippen molar-refractivity contribution < 1.29 is 9.18 Å². The van der Waals surface area contributed by atoms with Crippen LogP contribution in [0, 0.1) is 5.82 Å². The molecule has 0 aliphatic carbocycles. The topological polar surface area (TPSA) is 49.6 Å². The first kappa shape index (κ1) is 11.9. The first-order valence-electron chi connectivity index (χ1n) is 5.66. The van der Waals surface area contributed by atoms with Crippen molar-refractivity contribution in [3.05, 3.63) is 30.1 Å². The van der Waals surface area contributed by atoms with Gasteiger partial charge in [-0.05, 0) is 18.2 Å². The lowest BCUT2D eigenvalue weighted by molar-refractivity contribution is -0.119. The fraction of sp³-hybridized carbons (Fsp3) is 0.417. The van der Waals surface area contributed by atoms with Crippen LogP contribution in [0.3, 0.4) is 0 Å². The molecule has 1 amide bonds. The summed E-state index contributed by atoms with van der Waals surface area (Å²) in [7, 11) is 0. The van der Waals surface area contributed by atoms with Crippen LogP contribution in [0.1, 0.15) is 0 Å². The first-order chi connectivity index (χ1) is 8.15. The first-order valence-corrected chi connectivity index (χ1v) is 5.66. The number of halogens is 1. The van der Waals surface area contributed by atoms with E-state index < -0.39 is 0 Å². The predicted molar refractivity (Wildman–Crippen MR) is 64.2 cm³/mol. The van der Waals surface area contributed by atoms with Gasteiger partial charge < -0.3 is 10.6 Å². The van der Waals surface area contributed by atoms with Crippen LogP contribution >= 0.6 is 0 Å². The van der Waals surface area contributed by atoms with Gasteiger partial charge in [0.15, 0.2) is 0 Å². The summed E-state index contributed by atoms with van der Waals surface area (Å²) in [5.41, 5.74) is 6.04. The van der Waals surface area contributed by atoms with Gasteiger partial charge in [0.1, 0.15) is 5.82 Å². The van der Waals surface area contributed by atoms with Crippen LogP contribution in [0.25, 0.3) is 0 Å². The Balaban J connectivity index is 1.93. The molecule has 2 N–H and O–H groups in total. The predicted octanol–water partition coefficient (Wildman–Crippen LogP) is 0.433. The summed E-state index contributed by atoms with van der Waals surface area (Å²) in [5, 5.41) is 0. The third kappa shape index (κ3) is 3.17. The Morgan fingerprint density at radius 3 is 2.59 bits per heavy atom. The molecule has 2 rings (SSSR count). The largest absolute Gasteiger partial charge is 0.369 e. The molecule has 0 unspecified atom stereocenters. The summed E-state index contributed by atoms with van der Waals surface area (Å²) in [6.07, 6.45) is 0. The maximum atomic E-state index is 13.1. The highest BCUT2D eigenvalue weighted by atomic mass is 19.1. The zero-order chi connectivity index (χ0) is 12.3. The van der Waals surface area contributed by atoms with E-state index in [4.69, 9.17) is 5.73 Å². The normalized spacial score (nSPS) is 17.1. The SMILES string of the molecule is NC(=O)CN1CCN(c2cccc(F)c2)CC1. The Morgan fingerprint density at radius 1 is 1.29 bits per heavy atom. The summed E-state index contributed by atoms with van der Waals surface area (Å²) in [6.45, 7) is 3.43. The van der Waals surface area contributed by atoms with Gasteiger partial charge in [0.2, 0.25) is 5.91 Å². The molecule has 0 spiro atoms. The van der Waals surface area contributed by atoms with Crippen molar-refractivity contribution >= 4 is 11.6 Å². The molecule has 1 heterocycles. The van der Waals surface area contributed by atoms with E-state index in [1.54, 1.807) is 6.07 Å². The number of rotatable bonds is 3. The minimum Gasteiger partial charge on any atom is -0.369 e. The van der Waals surface area contributed by atoms with Gasteiger partial charge in [-0.2, -0.15) is 0 Å². The fourth-order valence-corrected chi connectivity index (χ4v) is 2.06. The monoisotopic (exact) mass is 237 g/mol. The molecule has 1 aromatic rings. The van der Waals surface area contributed by atoms with E-state index in [9.17, 15) is 9.18 Å². The number of anilines is 1. The summed E-state index contributed by atoms with van der Waals surface area (Å²) < 4.78 is 13.1. The lowest BCUT2D eigenvalue weighted by Crippen LogP contribution is -2.48. The van der Waals surface area contributed by atoms with E-state index in [1.807, 2.05) is 11.0 Å². The smallest absolute Gasteiger partial charge is 0.231 e. The van der Waals surface area contributed by atoms with Gasteiger partial charge in [-0.3, -0.25) is 9.69 Å². The average molecular weight is 237 g/mol. The van der Waals surface area contributed by atoms with Crippen LogP contribution in [0.5, 0.6) is 0 Å². The highest BCUT2D eigenvalue weighted by Crippen LogP contribution is 2.17. The molecule has 1 aliphatic rings. The average Bonchev–Trinajstić information content (AvgIpc) is 2.29. The maximum Gasteiger partial charge on any atom is 0.231 e. The Hall–Kier alpha value is -1.62. The molecule has 92 valence electrons. The second kappa shape index (κ2) is 5.14. The molecule has 4 nitrogen and oxygen atoms in total. The van der Waals surface area contributed by atoms with Gasteiger partial charge in [0.05, 0.1) is 6.54 Å². The van der Waals surface area contributed by atoms with Crippen LogP contribution in [-0.2, 0) is 4.79 Å². The van der Waals surface area contributed by atoms with E-state index >= 15 is 0 Å². The number of carbonyl (C=O) groups is 1. The number of amides is 1. The van der Waals surface area contributed by atoms with Crippen molar-refractivity contribution in [1.82, 2.24) is 4.90 Å². The van der Waals surface area contributed by atoms with E-state index in [1.165, 1.54) is 12.1 Å². The molecule has 1 saturated heterocycles. The molecular weight excluding hydrogens is 221 g/mol. The van der Waals surface area contributed by atoms with Crippen molar-refractivity contribution in [3.8, 4) is 0 Å². The summed E-state index contributed by atoms with van der Waals surface area (Å²) in [4.78, 5) is 14.9. The van der Waals surface area contributed by atoms with Gasteiger partial charge in [0.25, 0.3) is 0 Å². The lowest BCUT2D eigenvalue weighted by Gasteiger charge is -2.35. The molecule has 0 bridgehead atoms. The second-order valence-corrected chi connectivity index (χ2v) is 4.21.